The van der Waals surface area contributed by atoms with E-state index in [-0.39, 0.29) is 5.69 Å². The van der Waals surface area contributed by atoms with Gasteiger partial charge >= 0.3 is 6.18 Å². The van der Waals surface area contributed by atoms with Gasteiger partial charge in [0, 0.05) is 16.3 Å². The van der Waals surface area contributed by atoms with Crippen molar-refractivity contribution in [1.29, 1.82) is 0 Å². The minimum atomic E-state index is -4.40. The lowest BCUT2D eigenvalue weighted by Crippen LogP contribution is -2.04. The van der Waals surface area contributed by atoms with Gasteiger partial charge < -0.3 is 4.74 Å². The minimum Gasteiger partial charge on any atom is -0.454 e. The number of halogens is 4. The van der Waals surface area contributed by atoms with Crippen molar-refractivity contribution in [2.75, 3.05) is 0 Å². The third-order valence-corrected chi connectivity index (χ3v) is 3.31. The lowest BCUT2D eigenvalue weighted by Gasteiger charge is -2.11. The molecule has 0 bridgehead atoms. The molecule has 3 rings (SSSR count). The van der Waals surface area contributed by atoms with Gasteiger partial charge in [0.2, 0.25) is 0 Å². The fraction of sp³-hybridized carbons (Fsp3) is 0.0714. The normalized spacial score (nSPS) is 13.2. The fourth-order valence-corrected chi connectivity index (χ4v) is 2.23. The van der Waals surface area contributed by atoms with Crippen LogP contribution in [-0.2, 0) is 6.18 Å². The summed E-state index contributed by atoms with van der Waals surface area (Å²) in [5.74, 6) is 0.853. The number of fused-ring (bicyclic) bond motifs is 2. The first-order chi connectivity index (χ1) is 9.43. The smallest absolute Gasteiger partial charge is 0.416 e. The van der Waals surface area contributed by atoms with E-state index in [9.17, 15) is 13.2 Å². The second-order valence-electron chi connectivity index (χ2n) is 4.22. The Bertz CT molecular complexity index is 710. The molecule has 0 saturated carbocycles. The highest BCUT2D eigenvalue weighted by atomic mass is 79.9. The zero-order chi connectivity index (χ0) is 14.3. The molecule has 2 aromatic carbocycles. The number of alkyl halides is 3. The van der Waals surface area contributed by atoms with Gasteiger partial charge in [-0.05, 0) is 36.4 Å². The highest BCUT2D eigenvalue weighted by Crippen LogP contribution is 2.40. The van der Waals surface area contributed by atoms with E-state index in [2.05, 4.69) is 20.9 Å². The van der Waals surface area contributed by atoms with Crippen LogP contribution in [0.15, 0.2) is 45.9 Å². The van der Waals surface area contributed by atoms with Crippen LogP contribution < -0.4 is 4.74 Å². The molecule has 0 N–H and O–H groups in total. The monoisotopic (exact) mass is 341 g/mol. The molecule has 1 aliphatic heterocycles. The van der Waals surface area contributed by atoms with Crippen LogP contribution in [0.2, 0.25) is 0 Å². The lowest BCUT2D eigenvalue weighted by atomic mass is 10.2. The quantitative estimate of drug-likeness (QED) is 0.542. The summed E-state index contributed by atoms with van der Waals surface area (Å²) in [5.41, 5.74) is 0.111. The molecule has 20 heavy (non-hydrogen) atoms. The average Bonchev–Trinajstić information content (AvgIpc) is 2.56. The Morgan fingerprint density at radius 1 is 1.00 bits per heavy atom. The molecule has 0 radical (unpaired) electrons. The highest BCUT2D eigenvalue weighted by Gasteiger charge is 2.31. The molecule has 102 valence electrons. The minimum absolute atomic E-state index is 0.159. The van der Waals surface area contributed by atoms with Crippen LogP contribution in [0, 0.1) is 0 Å². The topological polar surface area (TPSA) is 21.6 Å². The summed E-state index contributed by atoms with van der Waals surface area (Å²) in [6.45, 7) is 0. The van der Waals surface area contributed by atoms with Gasteiger partial charge in [-0.25, -0.2) is 0 Å². The van der Waals surface area contributed by atoms with Crippen LogP contribution in [-0.4, -0.2) is 6.21 Å². The first-order valence-corrected chi connectivity index (χ1v) is 6.45. The van der Waals surface area contributed by atoms with Crippen molar-refractivity contribution >= 4 is 27.8 Å². The van der Waals surface area contributed by atoms with Gasteiger partial charge in [0.1, 0.15) is 11.4 Å². The van der Waals surface area contributed by atoms with Gasteiger partial charge in [-0.15, -0.1) is 0 Å². The Morgan fingerprint density at radius 2 is 1.75 bits per heavy atom. The number of nitrogens with zero attached hydrogens (tertiary/aromatic N) is 1. The number of hydrogen-bond acceptors (Lipinski definition) is 2. The standard InChI is InChI=1S/C14H7BrF3NO/c15-10-2-4-12-8(5-10)7-19-11-6-9(14(16,17)18)1-3-13(11)20-12/h1-7H. The zero-order valence-corrected chi connectivity index (χ0v) is 11.5. The van der Waals surface area contributed by atoms with Gasteiger partial charge in [0.05, 0.1) is 5.56 Å². The van der Waals surface area contributed by atoms with Gasteiger partial charge in [0.25, 0.3) is 0 Å². The number of ether oxygens (including phenoxy) is 1. The van der Waals surface area contributed by atoms with Crippen LogP contribution in [0.3, 0.4) is 0 Å². The Labute approximate surface area is 121 Å². The van der Waals surface area contributed by atoms with Crippen molar-refractivity contribution in [3.05, 3.63) is 52.0 Å². The molecule has 1 aliphatic rings. The van der Waals surface area contributed by atoms with Crippen molar-refractivity contribution in [2.45, 2.75) is 6.18 Å². The van der Waals surface area contributed by atoms with E-state index in [0.717, 1.165) is 16.6 Å². The zero-order valence-electron chi connectivity index (χ0n) is 9.91. The third-order valence-electron chi connectivity index (χ3n) is 2.82. The van der Waals surface area contributed by atoms with E-state index in [1.165, 1.54) is 12.3 Å². The van der Waals surface area contributed by atoms with Crippen molar-refractivity contribution in [3.8, 4) is 11.5 Å². The lowest BCUT2D eigenvalue weighted by molar-refractivity contribution is -0.137. The van der Waals surface area contributed by atoms with E-state index in [0.29, 0.717) is 17.1 Å². The largest absolute Gasteiger partial charge is 0.454 e. The Balaban J connectivity index is 2.09. The molecule has 0 spiro atoms. The Hall–Kier alpha value is -1.82. The van der Waals surface area contributed by atoms with E-state index in [1.54, 1.807) is 18.2 Å². The molecule has 0 saturated heterocycles. The summed E-state index contributed by atoms with van der Waals surface area (Å²) in [6, 6.07) is 8.56. The first kappa shape index (κ1) is 13.2. The molecule has 6 heteroatoms. The Morgan fingerprint density at radius 3 is 2.50 bits per heavy atom. The van der Waals surface area contributed by atoms with Gasteiger partial charge in [-0.1, -0.05) is 15.9 Å². The summed E-state index contributed by atoms with van der Waals surface area (Å²) < 4.78 is 44.5. The van der Waals surface area contributed by atoms with Crippen LogP contribution in [0.5, 0.6) is 11.5 Å². The first-order valence-electron chi connectivity index (χ1n) is 5.66. The molecule has 0 unspecified atom stereocenters. The molecule has 2 nitrogen and oxygen atoms in total. The highest BCUT2D eigenvalue weighted by molar-refractivity contribution is 9.10. The van der Waals surface area contributed by atoms with Crippen molar-refractivity contribution in [2.24, 2.45) is 4.99 Å². The number of aliphatic imine (C=N–C) groups is 1. The van der Waals surface area contributed by atoms with E-state index in [4.69, 9.17) is 4.74 Å². The molecular weight excluding hydrogens is 335 g/mol. The molecule has 0 fully saturated rings. The molecule has 0 atom stereocenters. The van der Waals surface area contributed by atoms with Crippen molar-refractivity contribution in [3.63, 3.8) is 0 Å². The maximum absolute atomic E-state index is 12.7. The number of rotatable bonds is 0. The van der Waals surface area contributed by atoms with E-state index < -0.39 is 11.7 Å². The van der Waals surface area contributed by atoms with E-state index in [1.807, 2.05) is 0 Å². The number of hydrogen-bond donors (Lipinski definition) is 0. The summed E-state index contributed by atoms with van der Waals surface area (Å²) >= 11 is 3.32. The third kappa shape index (κ3) is 2.43. The number of benzene rings is 2. The predicted octanol–water partition coefficient (Wildman–Crippen LogP) is 5.32. The molecule has 1 heterocycles. The van der Waals surface area contributed by atoms with E-state index >= 15 is 0 Å². The van der Waals surface area contributed by atoms with Crippen LogP contribution in [0.25, 0.3) is 0 Å². The Kier molecular flexibility index (Phi) is 3.05. The maximum atomic E-state index is 12.7. The van der Waals surface area contributed by atoms with Gasteiger partial charge in [-0.2, -0.15) is 13.2 Å². The van der Waals surface area contributed by atoms with Crippen molar-refractivity contribution in [1.82, 2.24) is 0 Å². The van der Waals surface area contributed by atoms with Crippen LogP contribution in [0.1, 0.15) is 11.1 Å². The van der Waals surface area contributed by atoms with Gasteiger partial charge in [0.15, 0.2) is 5.75 Å². The molecule has 0 amide bonds. The van der Waals surface area contributed by atoms with Crippen LogP contribution in [0.4, 0.5) is 18.9 Å². The van der Waals surface area contributed by atoms with Crippen LogP contribution >= 0.6 is 15.9 Å². The van der Waals surface area contributed by atoms with Gasteiger partial charge in [-0.3, -0.25) is 4.99 Å². The fourth-order valence-electron chi connectivity index (χ4n) is 1.85. The summed E-state index contributed by atoms with van der Waals surface area (Å²) in [5, 5.41) is 0. The second kappa shape index (κ2) is 4.63. The molecule has 0 aliphatic carbocycles. The average molecular weight is 342 g/mol. The summed E-state index contributed by atoms with van der Waals surface area (Å²) in [7, 11) is 0. The summed E-state index contributed by atoms with van der Waals surface area (Å²) in [4.78, 5) is 4.07. The SMILES string of the molecule is FC(F)(F)c1ccc2c(c1)N=Cc1cc(Br)ccc1O2. The second-order valence-corrected chi connectivity index (χ2v) is 5.14. The summed E-state index contributed by atoms with van der Waals surface area (Å²) in [6.07, 6.45) is -2.90. The molecule has 2 aromatic rings. The molecular formula is C14H7BrF3NO. The maximum Gasteiger partial charge on any atom is 0.416 e. The van der Waals surface area contributed by atoms with Crippen molar-refractivity contribution < 1.29 is 17.9 Å². The predicted molar refractivity (Wildman–Crippen MR) is 72.9 cm³/mol. The molecule has 0 aromatic heterocycles.